The number of aromatic nitrogens is 4. The van der Waals surface area contributed by atoms with Gasteiger partial charge in [-0.3, -0.25) is 0 Å². The summed E-state index contributed by atoms with van der Waals surface area (Å²) < 4.78 is 1.36. The smallest absolute Gasteiger partial charge is 0.331 e. The lowest BCUT2D eigenvalue weighted by atomic mass is 9.76. The molecule has 1 N–H and O–H groups in total. The highest BCUT2D eigenvalue weighted by Crippen LogP contribution is 2.41. The second-order valence-electron chi connectivity index (χ2n) is 4.73. The molecule has 8 heteroatoms. The molecule has 0 radical (unpaired) electrons. The Hall–Kier alpha value is -1.66. The molecule has 1 aromatic heterocycles. The summed E-state index contributed by atoms with van der Waals surface area (Å²) in [7, 11) is 0. The number of tetrazole rings is 1. The van der Waals surface area contributed by atoms with Crippen molar-refractivity contribution >= 4 is 29.2 Å². The predicted octanol–water partition coefficient (Wildman–Crippen LogP) is 2.61. The Bertz CT molecular complexity index is 682. The number of carbonyl (C=O) groups is 1. The van der Waals surface area contributed by atoms with Crippen molar-refractivity contribution in [1.29, 1.82) is 0 Å². The molecular weight excluding hydrogens is 303 g/mol. The number of aliphatic carboxylic acids is 1. The number of nitrogens with zero attached hydrogens (tertiary/aromatic N) is 4. The van der Waals surface area contributed by atoms with Crippen molar-refractivity contribution in [2.75, 3.05) is 0 Å². The SMILES string of the molecule is O=C(O)C1(n2nnnc2-c2ccc(Cl)cc2Cl)CCC1. The Morgan fingerprint density at radius 3 is 2.65 bits per heavy atom. The quantitative estimate of drug-likeness (QED) is 0.942. The van der Waals surface area contributed by atoms with E-state index in [0.717, 1.165) is 6.42 Å². The molecule has 1 aliphatic rings. The number of hydrogen-bond donors (Lipinski definition) is 1. The summed E-state index contributed by atoms with van der Waals surface area (Å²) in [6.45, 7) is 0. The van der Waals surface area contributed by atoms with E-state index in [2.05, 4.69) is 15.5 Å². The first-order chi connectivity index (χ1) is 9.54. The van der Waals surface area contributed by atoms with Crippen LogP contribution >= 0.6 is 23.2 Å². The summed E-state index contributed by atoms with van der Waals surface area (Å²) in [6, 6.07) is 4.92. The highest BCUT2D eigenvalue weighted by molar-refractivity contribution is 6.36. The Morgan fingerprint density at radius 1 is 1.35 bits per heavy atom. The molecule has 0 spiro atoms. The molecule has 1 aliphatic carbocycles. The van der Waals surface area contributed by atoms with Crippen LogP contribution in [0.2, 0.25) is 10.0 Å². The lowest BCUT2D eigenvalue weighted by Crippen LogP contribution is -2.48. The second-order valence-corrected chi connectivity index (χ2v) is 5.57. The number of carboxylic acids is 1. The maximum atomic E-state index is 11.6. The van der Waals surface area contributed by atoms with Gasteiger partial charge < -0.3 is 5.11 Å². The zero-order valence-electron chi connectivity index (χ0n) is 10.3. The monoisotopic (exact) mass is 312 g/mol. The van der Waals surface area contributed by atoms with E-state index >= 15 is 0 Å². The lowest BCUT2D eigenvalue weighted by Gasteiger charge is -2.37. The molecule has 0 bridgehead atoms. The third-order valence-corrected chi connectivity index (χ3v) is 4.17. The van der Waals surface area contributed by atoms with E-state index in [9.17, 15) is 9.90 Å². The van der Waals surface area contributed by atoms with Crippen LogP contribution < -0.4 is 0 Å². The molecule has 0 unspecified atom stereocenters. The minimum atomic E-state index is -1.07. The van der Waals surface area contributed by atoms with Crippen molar-refractivity contribution in [2.24, 2.45) is 0 Å². The van der Waals surface area contributed by atoms with Crippen LogP contribution in [0.15, 0.2) is 18.2 Å². The summed E-state index contributed by atoms with van der Waals surface area (Å²) in [5.41, 5.74) is -0.504. The van der Waals surface area contributed by atoms with Crippen LogP contribution in [0.1, 0.15) is 19.3 Å². The van der Waals surface area contributed by atoms with Crippen molar-refractivity contribution in [3.63, 3.8) is 0 Å². The molecule has 20 heavy (non-hydrogen) atoms. The summed E-state index contributed by atoms with van der Waals surface area (Å²) >= 11 is 12.0. The molecule has 0 aliphatic heterocycles. The van der Waals surface area contributed by atoms with Crippen LogP contribution in [-0.4, -0.2) is 31.3 Å². The van der Waals surface area contributed by atoms with Crippen molar-refractivity contribution in [1.82, 2.24) is 20.2 Å². The molecule has 104 valence electrons. The molecular formula is C12H10Cl2N4O2. The number of halogens is 2. The number of benzene rings is 1. The molecule has 0 saturated heterocycles. The molecule has 0 atom stereocenters. The van der Waals surface area contributed by atoms with Gasteiger partial charge in [0, 0.05) is 10.6 Å². The summed E-state index contributed by atoms with van der Waals surface area (Å²) in [5, 5.41) is 21.7. The van der Waals surface area contributed by atoms with Gasteiger partial charge in [-0.2, -0.15) is 0 Å². The first-order valence-corrected chi connectivity index (χ1v) is 6.78. The van der Waals surface area contributed by atoms with Gasteiger partial charge in [-0.1, -0.05) is 23.2 Å². The third-order valence-electron chi connectivity index (χ3n) is 3.63. The Morgan fingerprint density at radius 2 is 2.10 bits per heavy atom. The predicted molar refractivity (Wildman–Crippen MR) is 72.7 cm³/mol. The average molecular weight is 313 g/mol. The fraction of sp³-hybridized carbons (Fsp3) is 0.333. The normalized spacial score (nSPS) is 16.7. The van der Waals surface area contributed by atoms with Crippen LogP contribution in [0.4, 0.5) is 0 Å². The largest absolute Gasteiger partial charge is 0.479 e. The maximum Gasteiger partial charge on any atom is 0.331 e. The van der Waals surface area contributed by atoms with Gasteiger partial charge >= 0.3 is 5.97 Å². The van der Waals surface area contributed by atoms with Crippen LogP contribution in [0.3, 0.4) is 0 Å². The second kappa shape index (κ2) is 4.71. The molecule has 2 aromatic rings. The fourth-order valence-corrected chi connectivity index (χ4v) is 2.84. The van der Waals surface area contributed by atoms with Crippen molar-refractivity contribution in [3.05, 3.63) is 28.2 Å². The van der Waals surface area contributed by atoms with Crippen LogP contribution in [-0.2, 0) is 10.3 Å². The van der Waals surface area contributed by atoms with Gasteiger partial charge in [0.25, 0.3) is 0 Å². The molecule has 1 aromatic carbocycles. The summed E-state index contributed by atoms with van der Waals surface area (Å²) in [5.74, 6) is -0.587. The first-order valence-electron chi connectivity index (χ1n) is 6.02. The molecule has 1 saturated carbocycles. The zero-order valence-corrected chi connectivity index (χ0v) is 11.8. The van der Waals surface area contributed by atoms with Gasteiger partial charge in [0.2, 0.25) is 0 Å². The van der Waals surface area contributed by atoms with E-state index in [1.807, 2.05) is 0 Å². The zero-order chi connectivity index (χ0) is 14.3. The fourth-order valence-electron chi connectivity index (χ4n) is 2.34. The van der Waals surface area contributed by atoms with Crippen LogP contribution in [0.5, 0.6) is 0 Å². The standard InChI is InChI=1S/C12H10Cl2N4O2/c13-7-2-3-8(9(14)6-7)10-15-16-17-18(10)12(11(19)20)4-1-5-12/h2-3,6H,1,4-5H2,(H,19,20). The summed E-state index contributed by atoms with van der Waals surface area (Å²) in [4.78, 5) is 11.6. The minimum absolute atomic E-state index is 0.341. The molecule has 0 amide bonds. The maximum absolute atomic E-state index is 11.6. The van der Waals surface area contributed by atoms with E-state index in [-0.39, 0.29) is 0 Å². The van der Waals surface area contributed by atoms with Gasteiger partial charge in [0.15, 0.2) is 11.4 Å². The Kier molecular flexibility index (Phi) is 3.14. The topological polar surface area (TPSA) is 80.9 Å². The van der Waals surface area contributed by atoms with Gasteiger partial charge in [-0.25, -0.2) is 9.48 Å². The molecule has 6 nitrogen and oxygen atoms in total. The lowest BCUT2D eigenvalue weighted by molar-refractivity contribution is -0.153. The number of hydrogen-bond acceptors (Lipinski definition) is 4. The van der Waals surface area contributed by atoms with Gasteiger partial charge in [0.1, 0.15) is 0 Å². The van der Waals surface area contributed by atoms with E-state index in [1.165, 1.54) is 4.68 Å². The van der Waals surface area contributed by atoms with Crippen molar-refractivity contribution in [2.45, 2.75) is 24.8 Å². The van der Waals surface area contributed by atoms with Gasteiger partial charge in [-0.15, -0.1) is 5.10 Å². The van der Waals surface area contributed by atoms with Crippen molar-refractivity contribution in [3.8, 4) is 11.4 Å². The molecule has 1 fully saturated rings. The number of carboxylic acid groups (broad SMARTS) is 1. The highest BCUT2D eigenvalue weighted by atomic mass is 35.5. The number of rotatable bonds is 3. The molecule has 3 rings (SSSR count). The van der Waals surface area contributed by atoms with Gasteiger partial charge in [0.05, 0.1) is 5.02 Å². The van der Waals surface area contributed by atoms with E-state index < -0.39 is 11.5 Å². The minimum Gasteiger partial charge on any atom is -0.479 e. The Balaban J connectivity index is 2.13. The summed E-state index contributed by atoms with van der Waals surface area (Å²) in [6.07, 6.45) is 1.84. The van der Waals surface area contributed by atoms with Crippen LogP contribution in [0, 0.1) is 0 Å². The van der Waals surface area contributed by atoms with E-state index in [4.69, 9.17) is 23.2 Å². The van der Waals surface area contributed by atoms with Crippen LogP contribution in [0.25, 0.3) is 11.4 Å². The van der Waals surface area contributed by atoms with Crippen molar-refractivity contribution < 1.29 is 9.90 Å². The van der Waals surface area contributed by atoms with E-state index in [0.29, 0.717) is 34.3 Å². The third kappa shape index (κ3) is 1.87. The highest BCUT2D eigenvalue weighted by Gasteiger charge is 2.49. The first kappa shape index (κ1) is 13.3. The average Bonchev–Trinajstić information content (AvgIpc) is 2.76. The Labute approximate surface area is 124 Å². The molecule has 1 heterocycles. The van der Waals surface area contributed by atoms with Gasteiger partial charge in [-0.05, 0) is 47.9 Å². The van der Waals surface area contributed by atoms with E-state index in [1.54, 1.807) is 18.2 Å².